The Balaban J connectivity index is 1.55. The Labute approximate surface area is 163 Å². The average molecular weight is 404 g/mol. The van der Waals surface area contributed by atoms with Gasteiger partial charge in [0.05, 0.1) is 35.6 Å². The maximum absolute atomic E-state index is 12.2. The summed E-state index contributed by atoms with van der Waals surface area (Å²) in [5.74, 6) is -0.104. The maximum Gasteiger partial charge on any atom is 0.224 e. The second-order valence-corrected chi connectivity index (χ2v) is 10.0. The van der Waals surface area contributed by atoms with Gasteiger partial charge in [0.25, 0.3) is 0 Å². The molecule has 0 aliphatic rings. The van der Waals surface area contributed by atoms with Crippen molar-refractivity contribution in [2.24, 2.45) is 0 Å². The van der Waals surface area contributed by atoms with Gasteiger partial charge in [-0.1, -0.05) is 12.1 Å². The van der Waals surface area contributed by atoms with Crippen molar-refractivity contribution >= 4 is 27.1 Å². The minimum absolute atomic E-state index is 0.104. The molecular weight excluding hydrogens is 382 g/mol. The highest BCUT2D eigenvalue weighted by atomic mass is 32.2. The number of hydrogen-bond donors (Lipinski definition) is 1. The highest BCUT2D eigenvalue weighted by molar-refractivity contribution is 7.92. The predicted molar refractivity (Wildman–Crippen MR) is 106 cm³/mol. The number of nitrogens with one attached hydrogen (secondary N) is 1. The molecule has 2 aromatic heterocycles. The van der Waals surface area contributed by atoms with Crippen LogP contribution in [0.3, 0.4) is 0 Å². The third-order valence-electron chi connectivity index (χ3n) is 4.21. The highest BCUT2D eigenvalue weighted by Gasteiger charge is 2.18. The third-order valence-corrected chi connectivity index (χ3v) is 7.31. The van der Waals surface area contributed by atoms with E-state index >= 15 is 0 Å². The van der Waals surface area contributed by atoms with Crippen LogP contribution < -0.4 is 5.32 Å². The Bertz CT molecular complexity index is 1000. The Morgan fingerprint density at radius 1 is 1.15 bits per heavy atom. The molecule has 0 fully saturated rings. The molecule has 0 atom stereocenters. The van der Waals surface area contributed by atoms with Gasteiger partial charge in [-0.15, -0.1) is 11.3 Å². The molecule has 27 heavy (non-hydrogen) atoms. The van der Waals surface area contributed by atoms with Crippen LogP contribution in [0.15, 0.2) is 63.6 Å². The van der Waals surface area contributed by atoms with Crippen LogP contribution in [0.25, 0.3) is 11.1 Å². The van der Waals surface area contributed by atoms with Crippen LogP contribution in [0, 0.1) is 0 Å². The quantitative estimate of drug-likeness (QED) is 0.646. The molecule has 5 nitrogen and oxygen atoms in total. The lowest BCUT2D eigenvalue weighted by atomic mass is 10.1. The van der Waals surface area contributed by atoms with Gasteiger partial charge in [-0.25, -0.2) is 8.42 Å². The van der Waals surface area contributed by atoms with E-state index in [1.54, 1.807) is 62.0 Å². The largest absolute Gasteiger partial charge is 0.472 e. The van der Waals surface area contributed by atoms with Gasteiger partial charge in [0.15, 0.2) is 9.84 Å². The Hall–Kier alpha value is -2.38. The topological polar surface area (TPSA) is 76.4 Å². The third kappa shape index (κ3) is 4.67. The summed E-state index contributed by atoms with van der Waals surface area (Å²) in [6, 6.07) is 10.4. The SMILES string of the molecule is CC(C)S(=O)(=O)c1ccc(CC(=O)NCc2cc(-c3ccoc3)cs2)cc1. The van der Waals surface area contributed by atoms with Gasteiger partial charge in [0.2, 0.25) is 5.91 Å². The summed E-state index contributed by atoms with van der Waals surface area (Å²) < 4.78 is 29.3. The molecule has 7 heteroatoms. The first-order chi connectivity index (χ1) is 12.9. The summed E-state index contributed by atoms with van der Waals surface area (Å²) in [4.78, 5) is 13.5. The fraction of sp³-hybridized carbons (Fsp3) is 0.250. The molecule has 0 aliphatic carbocycles. The Morgan fingerprint density at radius 2 is 1.89 bits per heavy atom. The van der Waals surface area contributed by atoms with E-state index in [2.05, 4.69) is 5.32 Å². The van der Waals surface area contributed by atoms with Crippen molar-refractivity contribution in [3.05, 3.63) is 64.7 Å². The monoisotopic (exact) mass is 403 g/mol. The van der Waals surface area contributed by atoms with E-state index in [1.165, 1.54) is 0 Å². The second-order valence-electron chi connectivity index (χ2n) is 6.50. The number of furan rings is 1. The van der Waals surface area contributed by atoms with E-state index in [-0.39, 0.29) is 17.2 Å². The summed E-state index contributed by atoms with van der Waals surface area (Å²) in [6.07, 6.45) is 3.53. The predicted octanol–water partition coefficient (Wildman–Crippen LogP) is 4.05. The molecule has 0 unspecified atom stereocenters. The van der Waals surface area contributed by atoms with Crippen LogP contribution >= 0.6 is 11.3 Å². The van der Waals surface area contributed by atoms with E-state index < -0.39 is 15.1 Å². The smallest absolute Gasteiger partial charge is 0.224 e. The van der Waals surface area contributed by atoms with Crippen molar-refractivity contribution in [1.82, 2.24) is 5.32 Å². The van der Waals surface area contributed by atoms with Gasteiger partial charge in [-0.3, -0.25) is 4.79 Å². The minimum Gasteiger partial charge on any atom is -0.472 e. The summed E-state index contributed by atoms with van der Waals surface area (Å²) in [6.45, 7) is 3.76. The molecule has 2 heterocycles. The van der Waals surface area contributed by atoms with Crippen molar-refractivity contribution in [1.29, 1.82) is 0 Å². The van der Waals surface area contributed by atoms with Crippen LogP contribution in [0.5, 0.6) is 0 Å². The molecule has 142 valence electrons. The lowest BCUT2D eigenvalue weighted by Gasteiger charge is -2.09. The van der Waals surface area contributed by atoms with Gasteiger partial charge < -0.3 is 9.73 Å². The zero-order valence-corrected chi connectivity index (χ0v) is 16.8. The standard InChI is InChI=1S/C20H21NO4S2/c1-14(2)27(23,24)19-5-3-15(4-6-19)9-20(22)21-11-18-10-17(13-26-18)16-7-8-25-12-16/h3-8,10,12-14H,9,11H2,1-2H3,(H,21,22). The van der Waals surface area contributed by atoms with Crippen molar-refractivity contribution in [3.63, 3.8) is 0 Å². The number of carbonyl (C=O) groups is 1. The maximum atomic E-state index is 12.2. The number of carbonyl (C=O) groups excluding carboxylic acids is 1. The number of rotatable bonds is 7. The highest BCUT2D eigenvalue weighted by Crippen LogP contribution is 2.25. The molecule has 0 saturated carbocycles. The number of sulfone groups is 1. The molecule has 3 aromatic rings. The molecule has 1 amide bonds. The van der Waals surface area contributed by atoms with Gasteiger partial charge in [-0.2, -0.15) is 0 Å². The minimum atomic E-state index is -3.29. The number of thiophene rings is 1. The molecule has 1 aromatic carbocycles. The van der Waals surface area contributed by atoms with E-state index in [9.17, 15) is 13.2 Å². The van der Waals surface area contributed by atoms with Crippen LogP contribution in [0.2, 0.25) is 0 Å². The lowest BCUT2D eigenvalue weighted by molar-refractivity contribution is -0.120. The summed E-state index contributed by atoms with van der Waals surface area (Å²) >= 11 is 1.58. The average Bonchev–Trinajstić information content (AvgIpc) is 3.32. The molecule has 1 N–H and O–H groups in total. The van der Waals surface area contributed by atoms with Crippen LogP contribution in [0.4, 0.5) is 0 Å². The van der Waals surface area contributed by atoms with Crippen molar-refractivity contribution in [3.8, 4) is 11.1 Å². The molecule has 3 rings (SSSR count). The lowest BCUT2D eigenvalue weighted by Crippen LogP contribution is -2.24. The van der Waals surface area contributed by atoms with Crippen molar-refractivity contribution in [2.45, 2.75) is 37.0 Å². The zero-order chi connectivity index (χ0) is 19.4. The Kier molecular flexibility index (Phi) is 5.82. The van der Waals surface area contributed by atoms with E-state index in [4.69, 9.17) is 4.42 Å². The number of benzene rings is 1. The van der Waals surface area contributed by atoms with Gasteiger partial charge in [-0.05, 0) is 54.6 Å². The van der Waals surface area contributed by atoms with Crippen LogP contribution in [-0.4, -0.2) is 19.6 Å². The fourth-order valence-electron chi connectivity index (χ4n) is 2.56. The summed E-state index contributed by atoms with van der Waals surface area (Å²) in [5.41, 5.74) is 2.86. The van der Waals surface area contributed by atoms with Gasteiger partial charge in [0.1, 0.15) is 0 Å². The van der Waals surface area contributed by atoms with Crippen LogP contribution in [-0.2, 0) is 27.6 Å². The van der Waals surface area contributed by atoms with E-state index in [0.717, 1.165) is 21.6 Å². The molecular formula is C20H21NO4S2. The first-order valence-electron chi connectivity index (χ1n) is 8.56. The van der Waals surface area contributed by atoms with Crippen LogP contribution in [0.1, 0.15) is 24.3 Å². The molecule has 0 radical (unpaired) electrons. The molecule has 0 aliphatic heterocycles. The normalized spacial score (nSPS) is 11.7. The summed E-state index contributed by atoms with van der Waals surface area (Å²) in [7, 11) is -3.29. The number of amides is 1. The summed E-state index contributed by atoms with van der Waals surface area (Å²) in [5, 5.41) is 4.46. The second kappa shape index (κ2) is 8.10. The first kappa shape index (κ1) is 19.4. The fourth-order valence-corrected chi connectivity index (χ4v) is 4.45. The molecule has 0 saturated heterocycles. The Morgan fingerprint density at radius 3 is 2.52 bits per heavy atom. The van der Waals surface area contributed by atoms with Crippen molar-refractivity contribution < 1.29 is 17.6 Å². The molecule has 0 bridgehead atoms. The van der Waals surface area contributed by atoms with E-state index in [1.807, 2.05) is 17.5 Å². The van der Waals surface area contributed by atoms with Gasteiger partial charge >= 0.3 is 0 Å². The molecule has 0 spiro atoms. The van der Waals surface area contributed by atoms with E-state index in [0.29, 0.717) is 6.54 Å². The number of hydrogen-bond acceptors (Lipinski definition) is 5. The van der Waals surface area contributed by atoms with Crippen molar-refractivity contribution in [2.75, 3.05) is 0 Å². The first-order valence-corrected chi connectivity index (χ1v) is 11.0. The zero-order valence-electron chi connectivity index (χ0n) is 15.1. The van der Waals surface area contributed by atoms with Gasteiger partial charge in [0, 0.05) is 10.4 Å².